The van der Waals surface area contributed by atoms with Crippen molar-refractivity contribution in [2.45, 2.75) is 18.4 Å². The Labute approximate surface area is 220 Å². The molecule has 9 heteroatoms. The number of aryl methyl sites for hydroxylation is 1. The van der Waals surface area contributed by atoms with Crippen molar-refractivity contribution < 1.29 is 18.3 Å². The Kier molecular flexibility index (Phi) is 6.76. The molecule has 0 saturated carbocycles. The lowest BCUT2D eigenvalue weighted by atomic mass is 10.1. The number of aromatic nitrogens is 1. The predicted molar refractivity (Wildman–Crippen MR) is 146 cm³/mol. The SMILES string of the molecule is Cc1ccc(S(=O)(=O)N(Cc2ccccc2)c2ccccc2C(=O)N=Nc2c(O)[nH]c3ccccc23)cc1. The van der Waals surface area contributed by atoms with Crippen LogP contribution in [0.5, 0.6) is 5.88 Å². The van der Waals surface area contributed by atoms with Crippen molar-refractivity contribution in [1.82, 2.24) is 4.98 Å². The third-order valence-corrected chi connectivity index (χ3v) is 7.86. The van der Waals surface area contributed by atoms with Gasteiger partial charge in [-0.25, -0.2) is 8.42 Å². The lowest BCUT2D eigenvalue weighted by molar-refractivity contribution is 0.0995. The zero-order chi connectivity index (χ0) is 26.7. The second-order valence-corrected chi connectivity index (χ2v) is 10.6. The van der Waals surface area contributed by atoms with Gasteiger partial charge in [0.25, 0.3) is 15.9 Å². The molecule has 1 amide bonds. The number of hydrogen-bond donors (Lipinski definition) is 2. The van der Waals surface area contributed by atoms with Crippen molar-refractivity contribution in [3.05, 3.63) is 120 Å². The summed E-state index contributed by atoms with van der Waals surface area (Å²) < 4.78 is 29.0. The Morgan fingerprint density at radius 2 is 1.53 bits per heavy atom. The number of amides is 1. The smallest absolute Gasteiger partial charge is 0.297 e. The molecular formula is C29H24N4O4S. The van der Waals surface area contributed by atoms with Gasteiger partial charge in [-0.05, 0) is 42.8 Å². The molecule has 5 rings (SSSR count). The van der Waals surface area contributed by atoms with E-state index in [-0.39, 0.29) is 34.3 Å². The van der Waals surface area contributed by atoms with Crippen molar-refractivity contribution >= 4 is 38.2 Å². The Morgan fingerprint density at radius 1 is 0.868 bits per heavy atom. The Bertz CT molecular complexity index is 1750. The van der Waals surface area contributed by atoms with Gasteiger partial charge in [0.2, 0.25) is 5.88 Å². The molecule has 5 aromatic rings. The van der Waals surface area contributed by atoms with Crippen LogP contribution in [0.4, 0.5) is 11.4 Å². The monoisotopic (exact) mass is 524 g/mol. The summed E-state index contributed by atoms with van der Waals surface area (Å²) in [5.74, 6) is -0.967. The fourth-order valence-electron chi connectivity index (χ4n) is 4.12. The zero-order valence-corrected chi connectivity index (χ0v) is 21.3. The number of carbonyl (C=O) groups excluding carboxylic acids is 1. The fourth-order valence-corrected chi connectivity index (χ4v) is 5.59. The average molecular weight is 525 g/mol. The van der Waals surface area contributed by atoms with Crippen LogP contribution in [0.2, 0.25) is 0 Å². The molecule has 38 heavy (non-hydrogen) atoms. The number of nitrogens with zero attached hydrogens (tertiary/aromatic N) is 3. The molecule has 0 aliphatic heterocycles. The van der Waals surface area contributed by atoms with Gasteiger partial charge in [-0.2, -0.15) is 0 Å². The van der Waals surface area contributed by atoms with E-state index in [0.717, 1.165) is 11.1 Å². The van der Waals surface area contributed by atoms with E-state index in [1.807, 2.05) is 37.3 Å². The second kappa shape index (κ2) is 10.3. The summed E-state index contributed by atoms with van der Waals surface area (Å²) in [5.41, 5.74) is 2.67. The number of rotatable bonds is 7. The van der Waals surface area contributed by atoms with Crippen molar-refractivity contribution in [3.63, 3.8) is 0 Å². The largest absolute Gasteiger partial charge is 0.493 e. The molecule has 0 radical (unpaired) electrons. The molecule has 1 heterocycles. The van der Waals surface area contributed by atoms with E-state index in [4.69, 9.17) is 0 Å². The Morgan fingerprint density at radius 3 is 2.29 bits per heavy atom. The number of para-hydroxylation sites is 2. The highest BCUT2D eigenvalue weighted by atomic mass is 32.2. The molecule has 4 aromatic carbocycles. The van der Waals surface area contributed by atoms with Crippen LogP contribution in [0.3, 0.4) is 0 Å². The van der Waals surface area contributed by atoms with E-state index < -0.39 is 15.9 Å². The summed E-state index contributed by atoms with van der Waals surface area (Å²) in [6.45, 7) is 1.88. The molecule has 1 aromatic heterocycles. The van der Waals surface area contributed by atoms with Crippen LogP contribution in [-0.2, 0) is 16.6 Å². The van der Waals surface area contributed by atoms with Gasteiger partial charge >= 0.3 is 0 Å². The van der Waals surface area contributed by atoms with Gasteiger partial charge in [-0.1, -0.05) is 78.4 Å². The van der Waals surface area contributed by atoms with Crippen LogP contribution in [0.25, 0.3) is 10.9 Å². The van der Waals surface area contributed by atoms with Gasteiger partial charge in [-0.15, -0.1) is 10.2 Å². The molecular weight excluding hydrogens is 500 g/mol. The van der Waals surface area contributed by atoms with Crippen molar-refractivity contribution in [3.8, 4) is 5.88 Å². The molecule has 0 unspecified atom stereocenters. The van der Waals surface area contributed by atoms with Crippen LogP contribution in [0.1, 0.15) is 21.5 Å². The number of anilines is 1. The summed E-state index contributed by atoms with van der Waals surface area (Å²) in [7, 11) is -4.05. The number of benzene rings is 4. The van der Waals surface area contributed by atoms with Crippen LogP contribution in [0, 0.1) is 6.92 Å². The predicted octanol–water partition coefficient (Wildman–Crippen LogP) is 6.50. The van der Waals surface area contributed by atoms with Gasteiger partial charge in [0, 0.05) is 5.39 Å². The standard InChI is InChI=1S/C29H24N4O4S/c1-20-15-17-22(18-16-20)38(36,37)33(19-21-9-3-2-4-10-21)26-14-8-6-12-24(26)28(34)32-31-27-23-11-5-7-13-25(23)30-29(27)35/h2-18,30,35H,19H2,1H3. The third kappa shape index (κ3) is 4.91. The van der Waals surface area contributed by atoms with Crippen LogP contribution >= 0.6 is 0 Å². The molecule has 0 saturated heterocycles. The van der Waals surface area contributed by atoms with Crippen molar-refractivity contribution in [2.75, 3.05) is 4.31 Å². The van der Waals surface area contributed by atoms with Gasteiger partial charge in [0.15, 0.2) is 5.69 Å². The van der Waals surface area contributed by atoms with Crippen molar-refractivity contribution in [2.24, 2.45) is 10.2 Å². The quantitative estimate of drug-likeness (QED) is 0.236. The summed E-state index contributed by atoms with van der Waals surface area (Å²) in [6, 6.07) is 29.2. The third-order valence-electron chi connectivity index (χ3n) is 6.08. The van der Waals surface area contributed by atoms with Crippen LogP contribution in [0.15, 0.2) is 118 Å². The van der Waals surface area contributed by atoms with Gasteiger partial charge < -0.3 is 10.1 Å². The summed E-state index contributed by atoms with van der Waals surface area (Å²) in [5, 5.41) is 18.7. The first kappa shape index (κ1) is 24.9. The van der Waals surface area contributed by atoms with Gasteiger partial charge in [0.1, 0.15) is 0 Å². The normalized spacial score (nSPS) is 11.7. The Balaban J connectivity index is 1.57. The van der Waals surface area contributed by atoms with E-state index in [9.17, 15) is 18.3 Å². The highest BCUT2D eigenvalue weighted by molar-refractivity contribution is 7.92. The summed E-state index contributed by atoms with van der Waals surface area (Å²) in [6.07, 6.45) is 0. The van der Waals surface area contributed by atoms with E-state index in [0.29, 0.717) is 10.9 Å². The highest BCUT2D eigenvalue weighted by Crippen LogP contribution is 2.36. The second-order valence-electron chi connectivity index (χ2n) is 8.70. The first-order chi connectivity index (χ1) is 18.3. The number of fused-ring (bicyclic) bond motifs is 1. The molecule has 0 atom stereocenters. The minimum Gasteiger partial charge on any atom is -0.493 e. The summed E-state index contributed by atoms with van der Waals surface area (Å²) >= 11 is 0. The number of carbonyl (C=O) groups is 1. The molecule has 0 aliphatic carbocycles. The topological polar surface area (TPSA) is 115 Å². The van der Waals surface area contributed by atoms with E-state index in [1.54, 1.807) is 66.7 Å². The first-order valence-electron chi connectivity index (χ1n) is 11.8. The lowest BCUT2D eigenvalue weighted by Gasteiger charge is -2.26. The maximum atomic E-state index is 13.9. The average Bonchev–Trinajstić information content (AvgIpc) is 3.26. The molecule has 0 bridgehead atoms. The number of nitrogens with one attached hydrogen (secondary N) is 1. The van der Waals surface area contributed by atoms with E-state index in [2.05, 4.69) is 15.2 Å². The van der Waals surface area contributed by atoms with Crippen molar-refractivity contribution in [1.29, 1.82) is 0 Å². The van der Waals surface area contributed by atoms with Gasteiger partial charge in [0.05, 0.1) is 28.2 Å². The van der Waals surface area contributed by atoms with Gasteiger partial charge in [-0.3, -0.25) is 9.10 Å². The molecule has 0 fully saturated rings. The summed E-state index contributed by atoms with van der Waals surface area (Å²) in [4.78, 5) is 16.2. The molecule has 0 spiro atoms. The molecule has 0 aliphatic rings. The number of azo groups is 1. The molecule has 2 N–H and O–H groups in total. The number of aromatic amines is 1. The Hall–Kier alpha value is -4.76. The number of hydrogen-bond acceptors (Lipinski definition) is 5. The number of aromatic hydroxyl groups is 1. The molecule has 8 nitrogen and oxygen atoms in total. The number of H-pyrrole nitrogens is 1. The lowest BCUT2D eigenvalue weighted by Crippen LogP contribution is -2.31. The molecule has 190 valence electrons. The fraction of sp³-hybridized carbons (Fsp3) is 0.0690. The van der Waals surface area contributed by atoms with E-state index >= 15 is 0 Å². The van der Waals surface area contributed by atoms with Crippen LogP contribution in [-0.4, -0.2) is 24.4 Å². The minimum atomic E-state index is -4.05. The van der Waals surface area contributed by atoms with E-state index in [1.165, 1.54) is 10.4 Å². The zero-order valence-electron chi connectivity index (χ0n) is 20.4. The first-order valence-corrected chi connectivity index (χ1v) is 13.3. The van der Waals surface area contributed by atoms with Crippen LogP contribution < -0.4 is 4.31 Å². The maximum Gasteiger partial charge on any atom is 0.297 e. The highest BCUT2D eigenvalue weighted by Gasteiger charge is 2.28. The number of sulfonamides is 1. The maximum absolute atomic E-state index is 13.9. The minimum absolute atomic E-state index is 0.00171.